The minimum atomic E-state index is -0.0368. The summed E-state index contributed by atoms with van der Waals surface area (Å²) in [6, 6.07) is 7.67. The first-order chi connectivity index (χ1) is 9.10. The number of hydrogen-bond donors (Lipinski definition) is 2. The zero-order valence-electron chi connectivity index (χ0n) is 10.9. The molecule has 3 N–H and O–H groups in total. The van der Waals surface area contributed by atoms with Gasteiger partial charge in [-0.1, -0.05) is 30.8 Å². The molecule has 0 bridgehead atoms. The van der Waals surface area contributed by atoms with E-state index in [4.69, 9.17) is 5.73 Å². The molecule has 1 unspecified atom stereocenters. The van der Waals surface area contributed by atoms with Crippen LogP contribution in [0.15, 0.2) is 34.4 Å². The van der Waals surface area contributed by atoms with E-state index in [1.54, 1.807) is 0 Å². The van der Waals surface area contributed by atoms with Crippen LogP contribution in [0.3, 0.4) is 0 Å². The number of nitrogens with one attached hydrogen (secondary N) is 1. The van der Waals surface area contributed by atoms with E-state index in [0.717, 1.165) is 17.0 Å². The van der Waals surface area contributed by atoms with Gasteiger partial charge in [-0.2, -0.15) is 5.10 Å². The zero-order chi connectivity index (χ0) is 13.8. The summed E-state index contributed by atoms with van der Waals surface area (Å²) in [6.07, 6.45) is 2.35. The molecule has 0 radical (unpaired) electrons. The van der Waals surface area contributed by atoms with E-state index >= 15 is 0 Å². The van der Waals surface area contributed by atoms with Gasteiger partial charge in [0.25, 0.3) is 0 Å². The number of benzene rings is 1. The highest BCUT2D eigenvalue weighted by Crippen LogP contribution is 2.20. The number of aliphatic imine (C=N–C) groups is 1. The van der Waals surface area contributed by atoms with Gasteiger partial charge in [-0.15, -0.1) is 0 Å². The summed E-state index contributed by atoms with van der Waals surface area (Å²) in [6.45, 7) is 2.00. The number of nitrogens with two attached hydrogens (primary N) is 1. The maximum Gasteiger partial charge on any atom is 0.240 e. The van der Waals surface area contributed by atoms with E-state index in [-0.39, 0.29) is 11.8 Å². The van der Waals surface area contributed by atoms with E-state index in [2.05, 4.69) is 15.5 Å². The van der Waals surface area contributed by atoms with Crippen LogP contribution in [0.25, 0.3) is 0 Å². The van der Waals surface area contributed by atoms with E-state index in [1.807, 2.05) is 37.4 Å². The van der Waals surface area contributed by atoms with Crippen molar-refractivity contribution >= 4 is 34.2 Å². The van der Waals surface area contributed by atoms with Crippen molar-refractivity contribution in [3.8, 4) is 0 Å². The van der Waals surface area contributed by atoms with Gasteiger partial charge in [-0.25, -0.2) is 10.4 Å². The Hall–Kier alpha value is -1.82. The van der Waals surface area contributed by atoms with E-state index < -0.39 is 0 Å². The van der Waals surface area contributed by atoms with Crippen molar-refractivity contribution in [1.82, 2.24) is 5.43 Å². The molecule has 6 heteroatoms. The summed E-state index contributed by atoms with van der Waals surface area (Å²) >= 11 is 1.41. The van der Waals surface area contributed by atoms with Crippen LogP contribution >= 0.6 is 11.8 Å². The minimum absolute atomic E-state index is 0.0368. The van der Waals surface area contributed by atoms with Gasteiger partial charge in [0.15, 0.2) is 5.17 Å². The van der Waals surface area contributed by atoms with Gasteiger partial charge in [0.1, 0.15) is 0 Å². The number of nitrogens with zero attached hydrogens (tertiary/aromatic N) is 2. The molecule has 2 rings (SSSR count). The Balaban J connectivity index is 2.21. The Morgan fingerprint density at radius 2 is 2.16 bits per heavy atom. The predicted molar refractivity (Wildman–Crippen MR) is 79.7 cm³/mol. The van der Waals surface area contributed by atoms with Gasteiger partial charge in [-0.05, 0) is 24.0 Å². The molecule has 0 saturated carbocycles. The standard InChI is InChI=1S/C13H16N4OS/c1-8-7-11(18)16-17-12(8)9-3-5-10(6-4-9)15-13(14)19-2/h3-6,8H,7H2,1-2H3,(H2,14,15)(H,16,18). The Labute approximate surface area is 116 Å². The molecular formula is C13H16N4OS. The fraction of sp³-hybridized carbons (Fsp3) is 0.308. The van der Waals surface area contributed by atoms with Crippen LogP contribution < -0.4 is 11.2 Å². The lowest BCUT2D eigenvalue weighted by atomic mass is 9.94. The molecule has 0 spiro atoms. The summed E-state index contributed by atoms with van der Waals surface area (Å²) in [7, 11) is 0. The smallest absolute Gasteiger partial charge is 0.240 e. The van der Waals surface area contributed by atoms with Crippen molar-refractivity contribution in [1.29, 1.82) is 0 Å². The first-order valence-electron chi connectivity index (χ1n) is 5.95. The quantitative estimate of drug-likeness (QED) is 0.639. The highest BCUT2D eigenvalue weighted by molar-refractivity contribution is 8.13. The van der Waals surface area contributed by atoms with Crippen molar-refractivity contribution in [2.75, 3.05) is 6.26 Å². The molecule has 1 aromatic carbocycles. The van der Waals surface area contributed by atoms with Crippen molar-refractivity contribution in [2.24, 2.45) is 21.7 Å². The van der Waals surface area contributed by atoms with Crippen LogP contribution in [0.2, 0.25) is 0 Å². The number of thioether (sulfide) groups is 1. The maximum atomic E-state index is 11.2. The topological polar surface area (TPSA) is 79.8 Å². The Morgan fingerprint density at radius 1 is 1.47 bits per heavy atom. The summed E-state index contributed by atoms with van der Waals surface area (Å²) in [5.74, 6) is 0.0876. The molecule has 1 aliphatic rings. The molecule has 19 heavy (non-hydrogen) atoms. The fourth-order valence-corrected chi connectivity index (χ4v) is 2.08. The lowest BCUT2D eigenvalue weighted by molar-refractivity contribution is -0.121. The number of carbonyl (C=O) groups excluding carboxylic acids is 1. The molecule has 1 amide bonds. The van der Waals surface area contributed by atoms with Gasteiger partial charge < -0.3 is 5.73 Å². The highest BCUT2D eigenvalue weighted by Gasteiger charge is 2.21. The number of amidine groups is 1. The normalized spacial score (nSPS) is 19.9. The maximum absolute atomic E-state index is 11.2. The van der Waals surface area contributed by atoms with Crippen LogP contribution in [0, 0.1) is 5.92 Å². The first-order valence-corrected chi connectivity index (χ1v) is 7.17. The SMILES string of the molecule is CSC(N)=Nc1ccc(C2=NNC(=O)CC2C)cc1. The lowest BCUT2D eigenvalue weighted by Crippen LogP contribution is -2.31. The van der Waals surface area contributed by atoms with E-state index in [9.17, 15) is 4.79 Å². The van der Waals surface area contributed by atoms with Crippen LogP contribution in [-0.4, -0.2) is 23.0 Å². The molecule has 1 atom stereocenters. The molecule has 1 aromatic rings. The van der Waals surface area contributed by atoms with E-state index in [1.165, 1.54) is 11.8 Å². The van der Waals surface area contributed by atoms with Gasteiger partial charge in [0, 0.05) is 12.3 Å². The molecule has 0 saturated heterocycles. The summed E-state index contributed by atoms with van der Waals surface area (Å²) in [5.41, 5.74) is 10.9. The van der Waals surface area contributed by atoms with Crippen LogP contribution in [0.1, 0.15) is 18.9 Å². The van der Waals surface area contributed by atoms with Gasteiger partial charge in [0.05, 0.1) is 11.4 Å². The van der Waals surface area contributed by atoms with Crippen molar-refractivity contribution in [3.05, 3.63) is 29.8 Å². The highest BCUT2D eigenvalue weighted by atomic mass is 32.2. The summed E-state index contributed by atoms with van der Waals surface area (Å²) in [4.78, 5) is 15.4. The fourth-order valence-electron chi connectivity index (χ4n) is 1.88. The number of hydrogen-bond acceptors (Lipinski definition) is 4. The number of carbonyl (C=O) groups is 1. The lowest BCUT2D eigenvalue weighted by Gasteiger charge is -2.19. The average molecular weight is 276 g/mol. The van der Waals surface area contributed by atoms with Crippen LogP contribution in [-0.2, 0) is 4.79 Å². The second-order valence-corrected chi connectivity index (χ2v) is 5.16. The second-order valence-electron chi connectivity index (χ2n) is 4.34. The Bertz CT molecular complexity index is 536. The van der Waals surface area contributed by atoms with Crippen molar-refractivity contribution in [3.63, 3.8) is 0 Å². The molecule has 0 fully saturated rings. The van der Waals surface area contributed by atoms with Crippen LogP contribution in [0.4, 0.5) is 5.69 Å². The summed E-state index contributed by atoms with van der Waals surface area (Å²) < 4.78 is 0. The van der Waals surface area contributed by atoms with Crippen molar-refractivity contribution in [2.45, 2.75) is 13.3 Å². The first kappa shape index (κ1) is 13.6. The molecule has 0 aromatic heterocycles. The largest absolute Gasteiger partial charge is 0.378 e. The number of rotatable bonds is 2. The molecule has 100 valence electrons. The van der Waals surface area contributed by atoms with Gasteiger partial charge in [0.2, 0.25) is 5.91 Å². The Morgan fingerprint density at radius 3 is 2.74 bits per heavy atom. The minimum Gasteiger partial charge on any atom is -0.378 e. The zero-order valence-corrected chi connectivity index (χ0v) is 11.7. The van der Waals surface area contributed by atoms with Crippen LogP contribution in [0.5, 0.6) is 0 Å². The molecule has 0 aliphatic carbocycles. The molecule has 1 aliphatic heterocycles. The average Bonchev–Trinajstić information content (AvgIpc) is 2.40. The van der Waals surface area contributed by atoms with Gasteiger partial charge in [-0.3, -0.25) is 4.79 Å². The Kier molecular flexibility index (Phi) is 4.21. The molecular weight excluding hydrogens is 260 g/mol. The van der Waals surface area contributed by atoms with Gasteiger partial charge >= 0.3 is 0 Å². The number of hydrazone groups is 1. The second kappa shape index (κ2) is 5.88. The third-order valence-corrected chi connectivity index (χ3v) is 3.38. The van der Waals surface area contributed by atoms with Crippen molar-refractivity contribution < 1.29 is 4.79 Å². The molecule has 5 nitrogen and oxygen atoms in total. The molecule has 1 heterocycles. The third kappa shape index (κ3) is 3.35. The predicted octanol–water partition coefficient (Wildman–Crippen LogP) is 1.86. The third-order valence-electron chi connectivity index (χ3n) is 2.87. The number of amides is 1. The summed E-state index contributed by atoms with van der Waals surface area (Å²) in [5, 5.41) is 4.65. The monoisotopic (exact) mass is 276 g/mol. The van der Waals surface area contributed by atoms with E-state index in [0.29, 0.717) is 11.6 Å².